The van der Waals surface area contributed by atoms with Gasteiger partial charge in [0, 0.05) is 0 Å². The Bertz CT molecular complexity index is 1220. The molecule has 0 aromatic heterocycles. The fraction of sp³-hybridized carbons (Fsp3) is 0.100. The van der Waals surface area contributed by atoms with Gasteiger partial charge in [-0.25, -0.2) is 16.8 Å². The molecule has 0 radical (unpaired) electrons. The highest BCUT2D eigenvalue weighted by molar-refractivity contribution is 7.93. The van der Waals surface area contributed by atoms with Crippen molar-refractivity contribution in [3.05, 3.63) is 77.9 Å². The van der Waals surface area contributed by atoms with Gasteiger partial charge in [-0.2, -0.15) is 0 Å². The molecular formula is C20H19NO5S2. The molecule has 6 nitrogen and oxygen atoms in total. The van der Waals surface area contributed by atoms with Gasteiger partial charge in [0.25, 0.3) is 10.0 Å². The average Bonchev–Trinajstić information content (AvgIpc) is 2.66. The standard InChI is InChI=1S/C20H19NO5S2/c1-14-13-18(22)20(27(23,24)16-9-5-3-6-10-16)15(2)19(14)21-28(25,26)17-11-7-4-8-12-17/h3-13,21-22H,1-2H3. The van der Waals surface area contributed by atoms with E-state index in [1.54, 1.807) is 43.3 Å². The van der Waals surface area contributed by atoms with Crippen molar-refractivity contribution in [3.8, 4) is 5.75 Å². The van der Waals surface area contributed by atoms with E-state index in [1.165, 1.54) is 37.3 Å². The van der Waals surface area contributed by atoms with Crippen LogP contribution in [0.3, 0.4) is 0 Å². The smallest absolute Gasteiger partial charge is 0.261 e. The van der Waals surface area contributed by atoms with Gasteiger partial charge in [-0.05, 0) is 55.3 Å². The third kappa shape index (κ3) is 3.61. The molecule has 0 unspecified atom stereocenters. The Morgan fingerprint density at radius 1 is 0.786 bits per heavy atom. The zero-order valence-electron chi connectivity index (χ0n) is 15.2. The van der Waals surface area contributed by atoms with Gasteiger partial charge in [0.2, 0.25) is 9.84 Å². The number of benzene rings is 3. The quantitative estimate of drug-likeness (QED) is 0.617. The zero-order valence-corrected chi connectivity index (χ0v) is 16.9. The number of sulfone groups is 1. The lowest BCUT2D eigenvalue weighted by Crippen LogP contribution is -2.16. The first-order valence-corrected chi connectivity index (χ1v) is 11.3. The van der Waals surface area contributed by atoms with Gasteiger partial charge in [0.15, 0.2) is 0 Å². The predicted octanol–water partition coefficient (Wildman–Crippen LogP) is 3.64. The number of hydrogen-bond acceptors (Lipinski definition) is 5. The van der Waals surface area contributed by atoms with Crippen molar-refractivity contribution < 1.29 is 21.9 Å². The molecular weight excluding hydrogens is 398 g/mol. The number of phenols is 1. The van der Waals surface area contributed by atoms with Gasteiger partial charge >= 0.3 is 0 Å². The highest BCUT2D eigenvalue weighted by Gasteiger charge is 2.28. The normalized spacial score (nSPS) is 11.9. The number of hydrogen-bond donors (Lipinski definition) is 2. The molecule has 28 heavy (non-hydrogen) atoms. The lowest BCUT2D eigenvalue weighted by atomic mass is 10.1. The third-order valence-electron chi connectivity index (χ3n) is 4.31. The predicted molar refractivity (Wildman–Crippen MR) is 107 cm³/mol. The Hall–Kier alpha value is -2.84. The average molecular weight is 418 g/mol. The number of aryl methyl sites for hydroxylation is 1. The molecule has 146 valence electrons. The first-order chi connectivity index (χ1) is 13.1. The van der Waals surface area contributed by atoms with Crippen LogP contribution in [0.5, 0.6) is 5.75 Å². The molecule has 0 atom stereocenters. The van der Waals surface area contributed by atoms with Crippen molar-refractivity contribution in [3.63, 3.8) is 0 Å². The van der Waals surface area contributed by atoms with E-state index in [1.807, 2.05) is 0 Å². The maximum atomic E-state index is 13.0. The molecule has 0 saturated carbocycles. The van der Waals surface area contributed by atoms with Crippen molar-refractivity contribution in [1.82, 2.24) is 0 Å². The van der Waals surface area contributed by atoms with Crippen molar-refractivity contribution >= 4 is 25.5 Å². The van der Waals surface area contributed by atoms with E-state index in [-0.39, 0.29) is 25.9 Å². The van der Waals surface area contributed by atoms with E-state index < -0.39 is 25.6 Å². The van der Waals surface area contributed by atoms with E-state index in [0.29, 0.717) is 5.56 Å². The van der Waals surface area contributed by atoms with Crippen LogP contribution >= 0.6 is 0 Å². The van der Waals surface area contributed by atoms with Gasteiger partial charge < -0.3 is 5.11 Å². The van der Waals surface area contributed by atoms with E-state index in [2.05, 4.69) is 4.72 Å². The summed E-state index contributed by atoms with van der Waals surface area (Å²) in [7, 11) is -7.97. The second kappa shape index (κ2) is 7.29. The Morgan fingerprint density at radius 2 is 1.29 bits per heavy atom. The molecule has 3 aromatic rings. The molecule has 8 heteroatoms. The maximum absolute atomic E-state index is 13.0. The highest BCUT2D eigenvalue weighted by atomic mass is 32.2. The number of nitrogens with one attached hydrogen (secondary N) is 1. The molecule has 3 aromatic carbocycles. The number of phenolic OH excluding ortho intramolecular Hbond substituents is 1. The number of rotatable bonds is 5. The van der Waals surface area contributed by atoms with Crippen molar-refractivity contribution in [2.75, 3.05) is 4.72 Å². The summed E-state index contributed by atoms with van der Waals surface area (Å²) in [5.41, 5.74) is 0.651. The van der Waals surface area contributed by atoms with Crippen LogP contribution in [0, 0.1) is 13.8 Å². The second-order valence-electron chi connectivity index (χ2n) is 6.28. The summed E-state index contributed by atoms with van der Waals surface area (Å²) in [5.74, 6) is -0.429. The van der Waals surface area contributed by atoms with Crippen molar-refractivity contribution in [2.24, 2.45) is 0 Å². The van der Waals surface area contributed by atoms with E-state index in [4.69, 9.17) is 0 Å². The molecule has 2 N–H and O–H groups in total. The van der Waals surface area contributed by atoms with Gasteiger partial charge in [-0.3, -0.25) is 4.72 Å². The summed E-state index contributed by atoms with van der Waals surface area (Å²) < 4.78 is 53.9. The number of anilines is 1. The van der Waals surface area contributed by atoms with Gasteiger partial charge in [0.1, 0.15) is 10.6 Å². The van der Waals surface area contributed by atoms with Crippen LogP contribution in [-0.4, -0.2) is 21.9 Å². The van der Waals surface area contributed by atoms with E-state index in [0.717, 1.165) is 0 Å². The molecule has 0 saturated heterocycles. The van der Waals surface area contributed by atoms with Crippen molar-refractivity contribution in [1.29, 1.82) is 0 Å². The fourth-order valence-corrected chi connectivity index (χ4v) is 5.76. The minimum Gasteiger partial charge on any atom is -0.507 e. The Kier molecular flexibility index (Phi) is 5.18. The molecule has 0 aliphatic carbocycles. The molecule has 0 bridgehead atoms. The molecule has 3 rings (SSSR count). The summed E-state index contributed by atoms with van der Waals surface area (Å²) >= 11 is 0. The largest absolute Gasteiger partial charge is 0.507 e. The number of aromatic hydroxyl groups is 1. The fourth-order valence-electron chi connectivity index (χ4n) is 2.95. The lowest BCUT2D eigenvalue weighted by Gasteiger charge is -2.18. The molecule has 0 heterocycles. The zero-order chi connectivity index (χ0) is 20.5. The lowest BCUT2D eigenvalue weighted by molar-refractivity contribution is 0.457. The Labute approximate surface area is 164 Å². The second-order valence-corrected chi connectivity index (χ2v) is 9.85. The first kappa shape index (κ1) is 19.9. The SMILES string of the molecule is Cc1cc(O)c(S(=O)(=O)c2ccccc2)c(C)c1NS(=O)(=O)c1ccccc1. The van der Waals surface area contributed by atoms with Crippen LogP contribution in [0.4, 0.5) is 5.69 Å². The van der Waals surface area contributed by atoms with Crippen LogP contribution in [0.15, 0.2) is 81.4 Å². The molecule has 0 spiro atoms. The van der Waals surface area contributed by atoms with Gasteiger partial charge in [-0.15, -0.1) is 0 Å². The van der Waals surface area contributed by atoms with Gasteiger partial charge in [-0.1, -0.05) is 36.4 Å². The molecule has 0 fully saturated rings. The maximum Gasteiger partial charge on any atom is 0.261 e. The monoisotopic (exact) mass is 417 g/mol. The molecule has 0 amide bonds. The summed E-state index contributed by atoms with van der Waals surface area (Å²) in [6.45, 7) is 3.06. The Morgan fingerprint density at radius 3 is 1.82 bits per heavy atom. The summed E-state index contributed by atoms with van der Waals surface area (Å²) in [5, 5.41) is 10.4. The van der Waals surface area contributed by atoms with Crippen LogP contribution in [0.2, 0.25) is 0 Å². The minimum atomic E-state index is -4.04. The molecule has 0 aliphatic heterocycles. The van der Waals surface area contributed by atoms with E-state index >= 15 is 0 Å². The summed E-state index contributed by atoms with van der Waals surface area (Å²) in [6, 6.07) is 16.7. The van der Waals surface area contributed by atoms with Crippen LogP contribution in [0.25, 0.3) is 0 Å². The van der Waals surface area contributed by atoms with E-state index in [9.17, 15) is 21.9 Å². The third-order valence-corrected chi connectivity index (χ3v) is 7.62. The minimum absolute atomic E-state index is 0.00844. The Balaban J connectivity index is 2.17. The highest BCUT2D eigenvalue weighted by Crippen LogP contribution is 2.38. The summed E-state index contributed by atoms with van der Waals surface area (Å²) in [4.78, 5) is -0.265. The van der Waals surface area contributed by atoms with Crippen LogP contribution in [0.1, 0.15) is 11.1 Å². The van der Waals surface area contributed by atoms with Crippen LogP contribution < -0.4 is 4.72 Å². The first-order valence-electron chi connectivity index (χ1n) is 8.36. The van der Waals surface area contributed by atoms with Crippen LogP contribution in [-0.2, 0) is 19.9 Å². The van der Waals surface area contributed by atoms with Crippen molar-refractivity contribution in [2.45, 2.75) is 28.5 Å². The summed E-state index contributed by atoms with van der Waals surface area (Å²) in [6.07, 6.45) is 0. The number of sulfonamides is 1. The van der Waals surface area contributed by atoms with Gasteiger partial charge in [0.05, 0.1) is 15.5 Å². The molecule has 0 aliphatic rings. The topological polar surface area (TPSA) is 101 Å².